The van der Waals surface area contributed by atoms with Crippen molar-refractivity contribution < 1.29 is 0 Å². The molecule has 0 spiro atoms. The third-order valence-corrected chi connectivity index (χ3v) is 3.56. The van der Waals surface area contributed by atoms with Crippen LogP contribution in [0.2, 0.25) is 0 Å². The highest BCUT2D eigenvalue weighted by Gasteiger charge is 2.30. The van der Waals surface area contributed by atoms with Crippen LogP contribution in [0.5, 0.6) is 0 Å². The minimum Gasteiger partial charge on any atom is -0.326 e. The standard InChI is InChI=1S/C7H16N2S/c1-2-3-6-7(9)5(8)4-10-6/h5-7H,2-4,8-9H2,1H3. The molecule has 1 rings (SSSR count). The highest BCUT2D eigenvalue weighted by molar-refractivity contribution is 8.00. The van der Waals surface area contributed by atoms with Crippen LogP contribution >= 0.6 is 11.8 Å². The summed E-state index contributed by atoms with van der Waals surface area (Å²) in [6.07, 6.45) is 2.44. The monoisotopic (exact) mass is 160 g/mol. The SMILES string of the molecule is CCCC1SCC(N)C1N. The highest BCUT2D eigenvalue weighted by Crippen LogP contribution is 2.27. The van der Waals surface area contributed by atoms with Crippen molar-refractivity contribution in [1.82, 2.24) is 0 Å². The lowest BCUT2D eigenvalue weighted by Crippen LogP contribution is -2.43. The molecule has 4 N–H and O–H groups in total. The normalized spacial score (nSPS) is 40.5. The van der Waals surface area contributed by atoms with Crippen molar-refractivity contribution in [3.63, 3.8) is 0 Å². The van der Waals surface area contributed by atoms with Crippen molar-refractivity contribution in [2.24, 2.45) is 11.5 Å². The van der Waals surface area contributed by atoms with Crippen molar-refractivity contribution in [2.75, 3.05) is 5.75 Å². The van der Waals surface area contributed by atoms with E-state index in [9.17, 15) is 0 Å². The van der Waals surface area contributed by atoms with Gasteiger partial charge in [0.2, 0.25) is 0 Å². The van der Waals surface area contributed by atoms with Gasteiger partial charge in [-0.3, -0.25) is 0 Å². The Morgan fingerprint density at radius 2 is 2.20 bits per heavy atom. The molecule has 0 aliphatic carbocycles. The minimum atomic E-state index is 0.238. The van der Waals surface area contributed by atoms with E-state index in [1.54, 1.807) is 0 Å². The molecule has 0 aromatic heterocycles. The molecule has 0 aromatic carbocycles. The maximum Gasteiger partial charge on any atom is 0.0321 e. The van der Waals surface area contributed by atoms with E-state index in [1.165, 1.54) is 12.8 Å². The summed E-state index contributed by atoms with van der Waals surface area (Å²) in [6.45, 7) is 2.19. The molecule has 3 atom stereocenters. The fraction of sp³-hybridized carbons (Fsp3) is 1.00. The zero-order valence-electron chi connectivity index (χ0n) is 6.42. The molecule has 1 saturated heterocycles. The minimum absolute atomic E-state index is 0.238. The molecule has 3 unspecified atom stereocenters. The number of thioether (sulfide) groups is 1. The van der Waals surface area contributed by atoms with Crippen molar-refractivity contribution in [1.29, 1.82) is 0 Å². The Balaban J connectivity index is 2.33. The Bertz CT molecular complexity index is 106. The number of nitrogens with two attached hydrogens (primary N) is 2. The maximum atomic E-state index is 5.86. The van der Waals surface area contributed by atoms with Gasteiger partial charge in [-0.05, 0) is 6.42 Å². The van der Waals surface area contributed by atoms with Gasteiger partial charge in [0.15, 0.2) is 0 Å². The van der Waals surface area contributed by atoms with Gasteiger partial charge in [-0.2, -0.15) is 11.8 Å². The third-order valence-electron chi connectivity index (χ3n) is 2.00. The number of hydrogen-bond donors (Lipinski definition) is 2. The van der Waals surface area contributed by atoms with Crippen LogP contribution in [-0.2, 0) is 0 Å². The van der Waals surface area contributed by atoms with Crippen LogP contribution in [0, 0.1) is 0 Å². The Morgan fingerprint density at radius 3 is 2.60 bits per heavy atom. The van der Waals surface area contributed by atoms with Crippen molar-refractivity contribution >= 4 is 11.8 Å². The van der Waals surface area contributed by atoms with E-state index >= 15 is 0 Å². The van der Waals surface area contributed by atoms with Crippen molar-refractivity contribution in [3.8, 4) is 0 Å². The van der Waals surface area contributed by atoms with E-state index < -0.39 is 0 Å². The van der Waals surface area contributed by atoms with Crippen LogP contribution in [0.1, 0.15) is 19.8 Å². The van der Waals surface area contributed by atoms with Crippen LogP contribution in [-0.4, -0.2) is 23.1 Å². The van der Waals surface area contributed by atoms with Crippen molar-refractivity contribution in [3.05, 3.63) is 0 Å². The quantitative estimate of drug-likeness (QED) is 0.620. The smallest absolute Gasteiger partial charge is 0.0321 e. The summed E-state index contributed by atoms with van der Waals surface area (Å²) in [5.41, 5.74) is 11.6. The van der Waals surface area contributed by atoms with E-state index in [0.29, 0.717) is 5.25 Å². The largest absolute Gasteiger partial charge is 0.326 e. The Morgan fingerprint density at radius 1 is 1.50 bits per heavy atom. The van der Waals surface area contributed by atoms with Gasteiger partial charge in [0.1, 0.15) is 0 Å². The van der Waals surface area contributed by atoms with Crippen LogP contribution in [0.4, 0.5) is 0 Å². The number of rotatable bonds is 2. The summed E-state index contributed by atoms with van der Waals surface area (Å²) in [4.78, 5) is 0. The molecule has 1 fully saturated rings. The fourth-order valence-electron chi connectivity index (χ4n) is 1.29. The van der Waals surface area contributed by atoms with E-state index in [-0.39, 0.29) is 12.1 Å². The first-order chi connectivity index (χ1) is 4.75. The topological polar surface area (TPSA) is 52.0 Å². The molecular formula is C7H16N2S. The molecule has 0 radical (unpaired) electrons. The van der Waals surface area contributed by atoms with Gasteiger partial charge in [-0.1, -0.05) is 13.3 Å². The molecule has 1 aliphatic rings. The van der Waals surface area contributed by atoms with E-state index in [2.05, 4.69) is 6.92 Å². The molecule has 60 valence electrons. The molecule has 0 saturated carbocycles. The summed E-state index contributed by atoms with van der Waals surface area (Å²) >= 11 is 1.93. The first kappa shape index (κ1) is 8.37. The summed E-state index contributed by atoms with van der Waals surface area (Å²) in [7, 11) is 0. The average molecular weight is 160 g/mol. The van der Waals surface area contributed by atoms with E-state index in [0.717, 1.165) is 5.75 Å². The lowest BCUT2D eigenvalue weighted by molar-refractivity contribution is 0.546. The predicted octanol–water partition coefficient (Wildman–Crippen LogP) is 0.556. The molecular weight excluding hydrogens is 144 g/mol. The average Bonchev–Trinajstić information content (AvgIpc) is 2.20. The molecule has 0 aromatic rings. The summed E-state index contributed by atoms with van der Waals surface area (Å²) in [5.74, 6) is 1.05. The fourth-order valence-corrected chi connectivity index (χ4v) is 2.81. The lowest BCUT2D eigenvalue weighted by atomic mass is 10.1. The molecule has 3 heteroatoms. The van der Waals surface area contributed by atoms with Crippen LogP contribution < -0.4 is 11.5 Å². The molecule has 1 heterocycles. The van der Waals surface area contributed by atoms with Crippen LogP contribution in [0.15, 0.2) is 0 Å². The Hall–Kier alpha value is 0.270. The lowest BCUT2D eigenvalue weighted by Gasteiger charge is -2.15. The van der Waals surface area contributed by atoms with Gasteiger partial charge in [0.25, 0.3) is 0 Å². The molecule has 1 aliphatic heterocycles. The first-order valence-electron chi connectivity index (χ1n) is 3.88. The summed E-state index contributed by atoms with van der Waals surface area (Å²) in [5, 5.41) is 0.625. The number of hydrogen-bond acceptors (Lipinski definition) is 3. The maximum absolute atomic E-state index is 5.86. The summed E-state index contributed by atoms with van der Waals surface area (Å²) in [6, 6.07) is 0.478. The van der Waals surface area contributed by atoms with Gasteiger partial charge in [-0.15, -0.1) is 0 Å². The zero-order valence-corrected chi connectivity index (χ0v) is 7.23. The van der Waals surface area contributed by atoms with Crippen LogP contribution in [0.25, 0.3) is 0 Å². The van der Waals surface area contributed by atoms with E-state index in [1.807, 2.05) is 11.8 Å². The second-order valence-corrected chi connectivity index (χ2v) is 4.17. The van der Waals surface area contributed by atoms with Gasteiger partial charge in [-0.25, -0.2) is 0 Å². The van der Waals surface area contributed by atoms with Crippen molar-refractivity contribution in [2.45, 2.75) is 37.1 Å². The predicted molar refractivity (Wildman–Crippen MR) is 47.1 cm³/mol. The zero-order chi connectivity index (χ0) is 7.56. The Labute approximate surface area is 66.7 Å². The second kappa shape index (κ2) is 3.60. The third kappa shape index (κ3) is 1.65. The second-order valence-electron chi connectivity index (χ2n) is 2.90. The molecule has 10 heavy (non-hydrogen) atoms. The summed E-state index contributed by atoms with van der Waals surface area (Å²) < 4.78 is 0. The van der Waals surface area contributed by atoms with Gasteiger partial charge < -0.3 is 11.5 Å². The molecule has 0 bridgehead atoms. The molecule has 2 nitrogen and oxygen atoms in total. The van der Waals surface area contributed by atoms with Gasteiger partial charge in [0, 0.05) is 23.1 Å². The Kier molecular flexibility index (Phi) is 3.01. The first-order valence-corrected chi connectivity index (χ1v) is 4.93. The van der Waals surface area contributed by atoms with E-state index in [4.69, 9.17) is 11.5 Å². The van der Waals surface area contributed by atoms with Gasteiger partial charge in [0.05, 0.1) is 0 Å². The van der Waals surface area contributed by atoms with Gasteiger partial charge >= 0.3 is 0 Å². The van der Waals surface area contributed by atoms with Crippen LogP contribution in [0.3, 0.4) is 0 Å². The molecule has 0 amide bonds. The highest BCUT2D eigenvalue weighted by atomic mass is 32.2.